The van der Waals surface area contributed by atoms with Crippen molar-refractivity contribution >= 4 is 24.0 Å². The van der Waals surface area contributed by atoms with E-state index in [1.54, 1.807) is 4.90 Å². The van der Waals surface area contributed by atoms with E-state index in [4.69, 9.17) is 15.2 Å². The van der Waals surface area contributed by atoms with Crippen LogP contribution in [0.15, 0.2) is 18.2 Å². The van der Waals surface area contributed by atoms with Crippen LogP contribution in [-0.2, 0) is 9.53 Å². The number of methoxy groups -OCH3 is 1. The van der Waals surface area contributed by atoms with Crippen molar-refractivity contribution in [3.63, 3.8) is 0 Å². The summed E-state index contributed by atoms with van der Waals surface area (Å²) in [5.74, 6) is 0.601. The molecular formula is C13H19ClN2O3. The second-order valence-corrected chi connectivity index (χ2v) is 4.37. The van der Waals surface area contributed by atoms with Gasteiger partial charge in [-0.1, -0.05) is 6.07 Å². The molecule has 19 heavy (non-hydrogen) atoms. The molecule has 1 heterocycles. The van der Waals surface area contributed by atoms with Crippen molar-refractivity contribution < 1.29 is 14.3 Å². The lowest BCUT2D eigenvalue weighted by Gasteiger charge is -2.31. The van der Waals surface area contributed by atoms with E-state index in [0.717, 1.165) is 17.0 Å². The highest BCUT2D eigenvalue weighted by molar-refractivity contribution is 5.98. The van der Waals surface area contributed by atoms with Crippen molar-refractivity contribution in [3.8, 4) is 5.75 Å². The molecule has 1 atom stereocenters. The summed E-state index contributed by atoms with van der Waals surface area (Å²) in [4.78, 5) is 13.9. The second-order valence-electron chi connectivity index (χ2n) is 4.37. The quantitative estimate of drug-likeness (QED) is 0.904. The SMILES string of the molecule is COCC(N)C(=O)N1CCOc2cc(C)ccc21.Cl. The first-order valence-corrected chi connectivity index (χ1v) is 5.93. The summed E-state index contributed by atoms with van der Waals surface area (Å²) in [7, 11) is 1.53. The molecule has 106 valence electrons. The number of aryl methyl sites for hydroxylation is 1. The van der Waals surface area contributed by atoms with Crippen molar-refractivity contribution in [3.05, 3.63) is 23.8 Å². The first-order valence-electron chi connectivity index (χ1n) is 5.93. The van der Waals surface area contributed by atoms with E-state index in [2.05, 4.69) is 0 Å². The molecule has 2 rings (SSSR count). The van der Waals surface area contributed by atoms with Crippen molar-refractivity contribution in [2.45, 2.75) is 13.0 Å². The fourth-order valence-electron chi connectivity index (χ4n) is 2.01. The number of rotatable bonds is 3. The van der Waals surface area contributed by atoms with Crippen molar-refractivity contribution in [2.24, 2.45) is 5.73 Å². The van der Waals surface area contributed by atoms with Gasteiger partial charge in [0.15, 0.2) is 0 Å². The summed E-state index contributed by atoms with van der Waals surface area (Å²) in [6.45, 7) is 3.21. The van der Waals surface area contributed by atoms with Crippen molar-refractivity contribution in [1.29, 1.82) is 0 Å². The van der Waals surface area contributed by atoms with Gasteiger partial charge >= 0.3 is 0 Å². The fourth-order valence-corrected chi connectivity index (χ4v) is 2.01. The highest BCUT2D eigenvalue weighted by Crippen LogP contribution is 2.32. The minimum Gasteiger partial charge on any atom is -0.490 e. The molecule has 0 fully saturated rings. The van der Waals surface area contributed by atoms with Gasteiger partial charge in [-0.3, -0.25) is 4.79 Å². The molecule has 0 aromatic heterocycles. The minimum atomic E-state index is -0.637. The monoisotopic (exact) mass is 286 g/mol. The van der Waals surface area contributed by atoms with Crippen LogP contribution in [0.25, 0.3) is 0 Å². The molecule has 1 aliphatic rings. The zero-order chi connectivity index (χ0) is 13.1. The standard InChI is InChI=1S/C13H18N2O3.ClH/c1-9-3-4-11-12(7-9)18-6-5-15(11)13(16)10(14)8-17-2;/h3-4,7,10H,5-6,8,14H2,1-2H3;1H. The largest absolute Gasteiger partial charge is 0.490 e. The Kier molecular flexibility index (Phi) is 5.60. The molecule has 1 unspecified atom stereocenters. The van der Waals surface area contributed by atoms with Gasteiger partial charge in [-0.25, -0.2) is 0 Å². The Morgan fingerprint density at radius 3 is 3.00 bits per heavy atom. The van der Waals surface area contributed by atoms with Crippen LogP contribution < -0.4 is 15.4 Å². The van der Waals surface area contributed by atoms with Crippen molar-refractivity contribution in [2.75, 3.05) is 31.8 Å². The lowest BCUT2D eigenvalue weighted by atomic mass is 10.1. The number of halogens is 1. The number of amides is 1. The van der Waals surface area contributed by atoms with Gasteiger partial charge in [0.2, 0.25) is 5.91 Å². The van der Waals surface area contributed by atoms with Crippen LogP contribution in [0, 0.1) is 6.92 Å². The normalized spacial score (nSPS) is 15.0. The summed E-state index contributed by atoms with van der Waals surface area (Å²) in [6.07, 6.45) is 0. The zero-order valence-corrected chi connectivity index (χ0v) is 11.9. The number of hydrogen-bond acceptors (Lipinski definition) is 4. The van der Waals surface area contributed by atoms with E-state index in [9.17, 15) is 4.79 Å². The molecule has 0 spiro atoms. The number of carbonyl (C=O) groups is 1. The number of nitrogens with zero attached hydrogens (tertiary/aromatic N) is 1. The molecule has 1 aromatic carbocycles. The summed E-state index contributed by atoms with van der Waals surface area (Å²) in [5.41, 5.74) is 7.67. The van der Waals surface area contributed by atoms with Crippen LogP contribution in [0.1, 0.15) is 5.56 Å². The molecule has 0 saturated heterocycles. The first-order chi connectivity index (χ1) is 8.63. The van der Waals surface area contributed by atoms with Crippen LogP contribution in [-0.4, -0.2) is 38.8 Å². The molecule has 1 amide bonds. The summed E-state index contributed by atoms with van der Waals surface area (Å²) in [5, 5.41) is 0. The second kappa shape index (κ2) is 6.75. The van der Waals surface area contributed by atoms with E-state index in [1.807, 2.05) is 25.1 Å². The van der Waals surface area contributed by atoms with Crippen LogP contribution in [0.3, 0.4) is 0 Å². The average molecular weight is 287 g/mol. The number of benzene rings is 1. The van der Waals surface area contributed by atoms with Crippen molar-refractivity contribution in [1.82, 2.24) is 0 Å². The van der Waals surface area contributed by atoms with Gasteiger partial charge < -0.3 is 20.1 Å². The zero-order valence-electron chi connectivity index (χ0n) is 11.1. The molecule has 0 radical (unpaired) electrons. The molecule has 0 aliphatic carbocycles. The number of fused-ring (bicyclic) bond motifs is 1. The third kappa shape index (κ3) is 3.37. The predicted molar refractivity (Wildman–Crippen MR) is 76.1 cm³/mol. The van der Waals surface area contributed by atoms with Gasteiger partial charge in [-0.15, -0.1) is 12.4 Å². The highest BCUT2D eigenvalue weighted by atomic mass is 35.5. The van der Waals surface area contributed by atoms with E-state index in [1.165, 1.54) is 7.11 Å². The molecule has 2 N–H and O–H groups in total. The Morgan fingerprint density at radius 1 is 1.58 bits per heavy atom. The topological polar surface area (TPSA) is 64.8 Å². The van der Waals surface area contributed by atoms with E-state index in [-0.39, 0.29) is 24.9 Å². The molecular weight excluding hydrogens is 268 g/mol. The number of carbonyl (C=O) groups excluding carboxylic acids is 1. The molecule has 1 aliphatic heterocycles. The first kappa shape index (κ1) is 15.8. The maximum Gasteiger partial charge on any atom is 0.246 e. The van der Waals surface area contributed by atoms with E-state index >= 15 is 0 Å². The van der Waals surface area contributed by atoms with Crippen LogP contribution >= 0.6 is 12.4 Å². The highest BCUT2D eigenvalue weighted by Gasteiger charge is 2.27. The Morgan fingerprint density at radius 2 is 2.32 bits per heavy atom. The maximum atomic E-state index is 12.2. The Balaban J connectivity index is 0.00000180. The van der Waals surface area contributed by atoms with Gasteiger partial charge in [-0.2, -0.15) is 0 Å². The Labute approximate surface area is 119 Å². The Bertz CT molecular complexity index is 454. The summed E-state index contributed by atoms with van der Waals surface area (Å²) in [6, 6.07) is 5.13. The number of anilines is 1. The van der Waals surface area contributed by atoms with E-state index in [0.29, 0.717) is 13.2 Å². The third-order valence-corrected chi connectivity index (χ3v) is 2.91. The van der Waals surface area contributed by atoms with Gasteiger partial charge in [0.1, 0.15) is 18.4 Å². The number of nitrogens with two attached hydrogens (primary N) is 1. The summed E-state index contributed by atoms with van der Waals surface area (Å²) >= 11 is 0. The van der Waals surface area contributed by atoms with Gasteiger partial charge in [0.05, 0.1) is 18.8 Å². The van der Waals surface area contributed by atoms with Gasteiger partial charge in [0.25, 0.3) is 0 Å². The third-order valence-electron chi connectivity index (χ3n) is 2.91. The number of hydrogen-bond donors (Lipinski definition) is 1. The van der Waals surface area contributed by atoms with E-state index < -0.39 is 6.04 Å². The maximum absolute atomic E-state index is 12.2. The van der Waals surface area contributed by atoms with Gasteiger partial charge in [-0.05, 0) is 24.6 Å². The lowest BCUT2D eigenvalue weighted by Crippen LogP contribution is -2.49. The van der Waals surface area contributed by atoms with Crippen LogP contribution in [0.4, 0.5) is 5.69 Å². The average Bonchev–Trinajstić information content (AvgIpc) is 2.37. The lowest BCUT2D eigenvalue weighted by molar-refractivity contribution is -0.121. The summed E-state index contributed by atoms with van der Waals surface area (Å²) < 4.78 is 10.5. The smallest absolute Gasteiger partial charge is 0.246 e. The fraction of sp³-hybridized carbons (Fsp3) is 0.462. The molecule has 5 nitrogen and oxygen atoms in total. The molecule has 0 bridgehead atoms. The predicted octanol–water partition coefficient (Wildman–Crippen LogP) is 1.12. The van der Waals surface area contributed by atoms with Crippen LogP contribution in [0.2, 0.25) is 0 Å². The minimum absolute atomic E-state index is 0. The Hall–Kier alpha value is -1.30. The molecule has 0 saturated carbocycles. The number of ether oxygens (including phenoxy) is 2. The molecule has 1 aromatic rings. The van der Waals surface area contributed by atoms with Gasteiger partial charge in [0, 0.05) is 7.11 Å². The van der Waals surface area contributed by atoms with Crippen LogP contribution in [0.5, 0.6) is 5.75 Å². The molecule has 6 heteroatoms.